The van der Waals surface area contributed by atoms with E-state index in [4.69, 9.17) is 25.5 Å². The fourth-order valence-corrected chi connectivity index (χ4v) is 4.49. The van der Waals surface area contributed by atoms with Crippen molar-refractivity contribution in [1.29, 1.82) is 0 Å². The van der Waals surface area contributed by atoms with Crippen LogP contribution in [0.3, 0.4) is 0 Å². The van der Waals surface area contributed by atoms with Gasteiger partial charge in [-0.05, 0) is 25.1 Å². The summed E-state index contributed by atoms with van der Waals surface area (Å²) in [5.41, 5.74) is 0. The summed E-state index contributed by atoms with van der Waals surface area (Å²) in [5, 5.41) is 6.54. The van der Waals surface area contributed by atoms with E-state index >= 15 is 0 Å². The molecule has 2 N–H and O–H groups in total. The number of hydrogen-bond acceptors (Lipinski definition) is 6. The van der Waals surface area contributed by atoms with E-state index in [1.165, 1.54) is 0 Å². The first-order valence-electron chi connectivity index (χ1n) is 6.08. The maximum absolute atomic E-state index is 5.37. The largest absolute Gasteiger partial charge is 0.500 e. The molecule has 0 spiro atoms. The van der Waals surface area contributed by atoms with Gasteiger partial charge < -0.3 is 13.3 Å². The smallest absolute Gasteiger partial charge is 0.377 e. The lowest BCUT2D eigenvalue weighted by Crippen LogP contribution is -2.42. The Labute approximate surface area is 124 Å². The summed E-state index contributed by atoms with van der Waals surface area (Å²) in [7, 11) is 2.56. The molecule has 110 valence electrons. The highest BCUT2D eigenvalue weighted by Gasteiger charge is 2.36. The standard InChI is InChI=1S/C10H21N3O3S2Si/c1-14-19(15-2,16-3)8-6-4-5-7-18-10-11-9(17)12-13-10/h4-8H2,1-3H3,(H2,11,12,13,17). The first-order chi connectivity index (χ1) is 9.15. The van der Waals surface area contributed by atoms with Gasteiger partial charge in [0.05, 0.1) is 0 Å². The molecule has 0 aliphatic rings. The summed E-state index contributed by atoms with van der Waals surface area (Å²) in [6.07, 6.45) is 3.27. The van der Waals surface area contributed by atoms with Crippen molar-refractivity contribution in [3.63, 3.8) is 0 Å². The molecular weight excluding hydrogens is 302 g/mol. The van der Waals surface area contributed by atoms with Crippen molar-refractivity contribution < 1.29 is 13.3 Å². The zero-order valence-corrected chi connectivity index (χ0v) is 14.2. The molecule has 6 nitrogen and oxygen atoms in total. The molecule has 0 aliphatic heterocycles. The molecule has 1 aromatic heterocycles. The van der Waals surface area contributed by atoms with Crippen LogP contribution in [0.4, 0.5) is 0 Å². The molecule has 0 atom stereocenters. The predicted molar refractivity (Wildman–Crippen MR) is 79.9 cm³/mol. The van der Waals surface area contributed by atoms with Gasteiger partial charge in [0.1, 0.15) is 0 Å². The van der Waals surface area contributed by atoms with Crippen LogP contribution in [0, 0.1) is 4.77 Å². The van der Waals surface area contributed by atoms with Crippen LogP contribution >= 0.6 is 24.0 Å². The molecular formula is C10H21N3O3S2Si. The Bertz CT molecular complexity index is 400. The number of hydrogen-bond donors (Lipinski definition) is 2. The Morgan fingerprint density at radius 1 is 1.11 bits per heavy atom. The number of H-pyrrole nitrogens is 2. The Balaban J connectivity index is 2.12. The average molecular weight is 324 g/mol. The Morgan fingerprint density at radius 2 is 1.79 bits per heavy atom. The molecule has 0 saturated heterocycles. The highest BCUT2D eigenvalue weighted by atomic mass is 32.2. The van der Waals surface area contributed by atoms with E-state index < -0.39 is 8.80 Å². The molecule has 0 saturated carbocycles. The monoisotopic (exact) mass is 323 g/mol. The van der Waals surface area contributed by atoms with Crippen molar-refractivity contribution in [2.24, 2.45) is 0 Å². The molecule has 0 amide bonds. The zero-order chi connectivity index (χ0) is 14.1. The molecule has 1 rings (SSSR count). The fourth-order valence-electron chi connectivity index (χ4n) is 1.67. The van der Waals surface area contributed by atoms with E-state index in [-0.39, 0.29) is 0 Å². The van der Waals surface area contributed by atoms with Crippen LogP contribution in [0.1, 0.15) is 19.3 Å². The number of aromatic nitrogens is 3. The Morgan fingerprint density at radius 3 is 2.32 bits per heavy atom. The molecule has 19 heavy (non-hydrogen) atoms. The quantitative estimate of drug-likeness (QED) is 0.298. The summed E-state index contributed by atoms with van der Waals surface area (Å²) in [6.45, 7) is 0. The lowest BCUT2D eigenvalue weighted by Gasteiger charge is -2.24. The van der Waals surface area contributed by atoms with Crippen LogP contribution in [0.5, 0.6) is 0 Å². The topological polar surface area (TPSA) is 72.2 Å². The summed E-state index contributed by atoms with van der Waals surface area (Å²) >= 11 is 6.56. The molecule has 1 heterocycles. The summed E-state index contributed by atoms with van der Waals surface area (Å²) < 4.78 is 16.6. The number of nitrogens with zero attached hydrogens (tertiary/aromatic N) is 1. The van der Waals surface area contributed by atoms with Crippen LogP contribution in [0.2, 0.25) is 6.04 Å². The molecule has 0 unspecified atom stereocenters. The van der Waals surface area contributed by atoms with Crippen molar-refractivity contribution in [3.8, 4) is 0 Å². The van der Waals surface area contributed by atoms with Crippen molar-refractivity contribution >= 4 is 32.8 Å². The molecule has 0 aromatic carbocycles. The van der Waals surface area contributed by atoms with Crippen molar-refractivity contribution in [2.75, 3.05) is 27.1 Å². The summed E-state index contributed by atoms with van der Waals surface area (Å²) in [4.78, 5) is 4.12. The van der Waals surface area contributed by atoms with Crippen LogP contribution in [0.25, 0.3) is 0 Å². The van der Waals surface area contributed by atoms with Gasteiger partial charge in [0.15, 0.2) is 5.16 Å². The number of rotatable bonds is 10. The van der Waals surface area contributed by atoms with Crippen LogP contribution in [-0.4, -0.2) is 51.1 Å². The van der Waals surface area contributed by atoms with E-state index in [1.54, 1.807) is 33.1 Å². The van der Waals surface area contributed by atoms with E-state index in [0.717, 1.165) is 36.2 Å². The third-order valence-corrected chi connectivity index (χ3v) is 6.76. The lowest BCUT2D eigenvalue weighted by atomic mass is 10.3. The van der Waals surface area contributed by atoms with Gasteiger partial charge in [0.2, 0.25) is 4.77 Å². The highest BCUT2D eigenvalue weighted by Crippen LogP contribution is 2.19. The lowest BCUT2D eigenvalue weighted by molar-refractivity contribution is 0.123. The van der Waals surface area contributed by atoms with Crippen molar-refractivity contribution in [2.45, 2.75) is 30.5 Å². The average Bonchev–Trinajstić information content (AvgIpc) is 2.85. The first kappa shape index (κ1) is 16.9. The number of thioether (sulfide) groups is 1. The second kappa shape index (κ2) is 8.87. The molecule has 0 fully saturated rings. The van der Waals surface area contributed by atoms with Gasteiger partial charge >= 0.3 is 8.80 Å². The van der Waals surface area contributed by atoms with Crippen molar-refractivity contribution in [3.05, 3.63) is 4.77 Å². The van der Waals surface area contributed by atoms with Crippen LogP contribution in [0.15, 0.2) is 5.16 Å². The third kappa shape index (κ3) is 5.75. The summed E-state index contributed by atoms with van der Waals surface area (Å²) in [5.74, 6) is 1.01. The number of aromatic amines is 2. The van der Waals surface area contributed by atoms with Crippen LogP contribution in [-0.2, 0) is 13.3 Å². The molecule has 0 radical (unpaired) electrons. The maximum atomic E-state index is 5.37. The number of unbranched alkanes of at least 4 members (excludes halogenated alkanes) is 2. The first-order valence-corrected chi connectivity index (χ1v) is 9.41. The minimum Gasteiger partial charge on any atom is -0.377 e. The summed E-state index contributed by atoms with van der Waals surface area (Å²) in [6, 6.07) is 0.853. The van der Waals surface area contributed by atoms with Crippen LogP contribution < -0.4 is 0 Å². The number of nitrogens with one attached hydrogen (secondary N) is 2. The van der Waals surface area contributed by atoms with Gasteiger partial charge in [0.25, 0.3) is 0 Å². The second-order valence-corrected chi connectivity index (χ2v) is 8.49. The Kier molecular flexibility index (Phi) is 7.88. The fraction of sp³-hybridized carbons (Fsp3) is 0.800. The van der Waals surface area contributed by atoms with E-state index in [2.05, 4.69) is 15.2 Å². The van der Waals surface area contributed by atoms with Gasteiger partial charge in [0, 0.05) is 33.1 Å². The van der Waals surface area contributed by atoms with Gasteiger partial charge in [-0.2, -0.15) is 4.98 Å². The molecule has 9 heteroatoms. The normalized spacial score (nSPS) is 11.9. The van der Waals surface area contributed by atoms with E-state index in [0.29, 0.717) is 4.77 Å². The maximum Gasteiger partial charge on any atom is 0.500 e. The Hall–Kier alpha value is -0.193. The van der Waals surface area contributed by atoms with E-state index in [9.17, 15) is 0 Å². The minimum absolute atomic E-state index is 0.499. The highest BCUT2D eigenvalue weighted by molar-refractivity contribution is 7.99. The minimum atomic E-state index is -2.38. The second-order valence-electron chi connectivity index (χ2n) is 3.93. The molecule has 1 aromatic rings. The van der Waals surface area contributed by atoms with Crippen molar-refractivity contribution in [1.82, 2.24) is 15.2 Å². The van der Waals surface area contributed by atoms with E-state index in [1.807, 2.05) is 0 Å². The zero-order valence-electron chi connectivity index (χ0n) is 11.5. The SMILES string of the molecule is CO[Si](CCCCCSc1nc(=S)[nH][nH]1)(OC)OC. The van der Waals surface area contributed by atoms with Gasteiger partial charge in [-0.1, -0.05) is 18.2 Å². The van der Waals surface area contributed by atoms with Gasteiger partial charge in [-0.3, -0.25) is 10.2 Å². The molecule has 0 bridgehead atoms. The van der Waals surface area contributed by atoms with Gasteiger partial charge in [-0.25, -0.2) is 0 Å². The van der Waals surface area contributed by atoms with Gasteiger partial charge in [-0.15, -0.1) is 0 Å². The predicted octanol–water partition coefficient (Wildman–Crippen LogP) is 2.61. The third-order valence-electron chi connectivity index (χ3n) is 2.78. The molecule has 0 aliphatic carbocycles.